The van der Waals surface area contributed by atoms with Gasteiger partial charge in [0.25, 0.3) is 0 Å². The lowest BCUT2D eigenvalue weighted by Crippen LogP contribution is -2.37. The van der Waals surface area contributed by atoms with Gasteiger partial charge in [0.2, 0.25) is 0 Å². The second kappa shape index (κ2) is 9.57. The fraction of sp³-hybridized carbons (Fsp3) is 0.350. The van der Waals surface area contributed by atoms with Crippen molar-refractivity contribution in [2.24, 2.45) is 11.7 Å². The molecule has 26 heavy (non-hydrogen) atoms. The van der Waals surface area contributed by atoms with Crippen molar-refractivity contribution in [2.75, 3.05) is 13.7 Å². The van der Waals surface area contributed by atoms with E-state index >= 15 is 0 Å². The lowest BCUT2D eigenvalue weighted by Gasteiger charge is -2.25. The highest BCUT2D eigenvalue weighted by atomic mass is 35.5. The van der Waals surface area contributed by atoms with Crippen LogP contribution in [0.2, 0.25) is 5.02 Å². The summed E-state index contributed by atoms with van der Waals surface area (Å²) in [5.41, 5.74) is 7.67. The zero-order valence-corrected chi connectivity index (χ0v) is 15.6. The molecule has 0 spiro atoms. The van der Waals surface area contributed by atoms with E-state index in [2.05, 4.69) is 4.74 Å². The molecule has 2 aromatic rings. The average Bonchev–Trinajstić information content (AvgIpc) is 2.65. The molecule has 6 heteroatoms. The van der Waals surface area contributed by atoms with Gasteiger partial charge in [0.05, 0.1) is 26.2 Å². The van der Waals surface area contributed by atoms with Crippen molar-refractivity contribution < 1.29 is 19.4 Å². The van der Waals surface area contributed by atoms with Crippen molar-refractivity contribution in [1.29, 1.82) is 0 Å². The number of methoxy groups -OCH3 is 1. The highest BCUT2D eigenvalue weighted by Crippen LogP contribution is 2.24. The molecule has 0 radical (unpaired) electrons. The van der Waals surface area contributed by atoms with Gasteiger partial charge >= 0.3 is 5.97 Å². The highest BCUT2D eigenvalue weighted by Gasteiger charge is 2.23. The van der Waals surface area contributed by atoms with E-state index in [1.807, 2.05) is 25.1 Å². The van der Waals surface area contributed by atoms with Crippen molar-refractivity contribution in [1.82, 2.24) is 0 Å². The van der Waals surface area contributed by atoms with Gasteiger partial charge in [-0.3, -0.25) is 4.79 Å². The minimum Gasteiger partial charge on any atom is -0.493 e. The van der Waals surface area contributed by atoms with E-state index in [9.17, 15) is 9.90 Å². The van der Waals surface area contributed by atoms with E-state index < -0.39 is 12.1 Å². The molecule has 140 valence electrons. The van der Waals surface area contributed by atoms with Gasteiger partial charge in [-0.2, -0.15) is 0 Å². The summed E-state index contributed by atoms with van der Waals surface area (Å²) in [4.78, 5) is 11.4. The van der Waals surface area contributed by atoms with Crippen LogP contribution in [0, 0.1) is 5.92 Å². The number of benzene rings is 2. The Labute approximate surface area is 158 Å². The molecule has 0 heterocycles. The zero-order chi connectivity index (χ0) is 19.1. The maximum atomic E-state index is 11.4. The van der Waals surface area contributed by atoms with Crippen molar-refractivity contribution >= 4 is 17.6 Å². The standard InChI is InChI=1S/C20H24ClNO4/c1-13(19(22)20(24)15-6-4-7-16(21)11-15)12-26-17-8-3-5-14(9-17)10-18(23)25-2/h3-9,11,13,19-20,24H,10,12,22H2,1-2H3. The summed E-state index contributed by atoms with van der Waals surface area (Å²) < 4.78 is 10.5. The number of esters is 1. The quantitative estimate of drug-likeness (QED) is 0.691. The third-order valence-electron chi connectivity index (χ3n) is 4.20. The number of hydrogen-bond acceptors (Lipinski definition) is 5. The Morgan fingerprint density at radius 3 is 2.65 bits per heavy atom. The molecule has 5 nitrogen and oxygen atoms in total. The number of aliphatic hydroxyl groups is 1. The Morgan fingerprint density at radius 1 is 1.23 bits per heavy atom. The lowest BCUT2D eigenvalue weighted by molar-refractivity contribution is -0.139. The predicted octanol–water partition coefficient (Wildman–Crippen LogP) is 3.13. The van der Waals surface area contributed by atoms with Crippen molar-refractivity contribution in [3.8, 4) is 5.75 Å². The van der Waals surface area contributed by atoms with Gasteiger partial charge in [0.1, 0.15) is 5.75 Å². The van der Waals surface area contributed by atoms with Crippen LogP contribution in [-0.4, -0.2) is 30.8 Å². The fourth-order valence-corrected chi connectivity index (χ4v) is 2.75. The van der Waals surface area contributed by atoms with Crippen LogP contribution in [-0.2, 0) is 16.0 Å². The number of rotatable bonds is 8. The van der Waals surface area contributed by atoms with Gasteiger partial charge in [-0.25, -0.2) is 0 Å². The van der Waals surface area contributed by atoms with Crippen LogP contribution < -0.4 is 10.5 Å². The van der Waals surface area contributed by atoms with Crippen LogP contribution in [0.4, 0.5) is 0 Å². The first-order valence-electron chi connectivity index (χ1n) is 8.38. The van der Waals surface area contributed by atoms with E-state index in [0.29, 0.717) is 22.9 Å². The molecule has 0 saturated carbocycles. The minimum absolute atomic E-state index is 0.103. The minimum atomic E-state index is -0.835. The third-order valence-corrected chi connectivity index (χ3v) is 4.43. The number of nitrogens with two attached hydrogens (primary N) is 1. The number of hydrogen-bond donors (Lipinski definition) is 2. The molecule has 3 unspecified atom stereocenters. The van der Waals surface area contributed by atoms with E-state index in [1.165, 1.54) is 7.11 Å². The molecule has 0 aliphatic carbocycles. The van der Waals surface area contributed by atoms with Crippen molar-refractivity contribution in [3.63, 3.8) is 0 Å². The molecule has 0 bridgehead atoms. The molecule has 3 N–H and O–H groups in total. The largest absolute Gasteiger partial charge is 0.493 e. The van der Waals surface area contributed by atoms with Gasteiger partial charge in [0.15, 0.2) is 0 Å². The molecule has 0 amide bonds. The number of carbonyl (C=O) groups excluding carboxylic acids is 1. The average molecular weight is 378 g/mol. The summed E-state index contributed by atoms with van der Waals surface area (Å²) in [6.45, 7) is 2.25. The van der Waals surface area contributed by atoms with E-state index in [1.54, 1.807) is 30.3 Å². The molecule has 0 saturated heterocycles. The Hall–Kier alpha value is -2.08. The monoisotopic (exact) mass is 377 g/mol. The van der Waals surface area contributed by atoms with E-state index in [0.717, 1.165) is 5.56 Å². The first-order valence-corrected chi connectivity index (χ1v) is 8.76. The molecule has 0 aromatic heterocycles. The molecular weight excluding hydrogens is 354 g/mol. The molecular formula is C20H24ClNO4. The first-order chi connectivity index (χ1) is 12.4. The molecule has 0 aliphatic heterocycles. The molecule has 0 aliphatic rings. The summed E-state index contributed by atoms with van der Waals surface area (Å²) in [6.07, 6.45) is -0.645. The van der Waals surface area contributed by atoms with E-state index in [4.69, 9.17) is 22.1 Å². The SMILES string of the molecule is COC(=O)Cc1cccc(OCC(C)C(N)C(O)c2cccc(Cl)c2)c1. The summed E-state index contributed by atoms with van der Waals surface area (Å²) in [7, 11) is 1.36. The van der Waals surface area contributed by atoms with Gasteiger partial charge in [-0.1, -0.05) is 42.8 Å². The molecule has 2 aromatic carbocycles. The zero-order valence-electron chi connectivity index (χ0n) is 14.9. The fourth-order valence-electron chi connectivity index (χ4n) is 2.55. The third kappa shape index (κ3) is 5.73. The molecule has 0 fully saturated rings. The maximum Gasteiger partial charge on any atom is 0.309 e. The number of aliphatic hydroxyl groups excluding tert-OH is 1. The number of halogens is 1. The van der Waals surface area contributed by atoms with Crippen LogP contribution in [0.1, 0.15) is 24.2 Å². The Morgan fingerprint density at radius 2 is 1.96 bits per heavy atom. The highest BCUT2D eigenvalue weighted by molar-refractivity contribution is 6.30. The second-order valence-electron chi connectivity index (χ2n) is 6.27. The molecule has 3 atom stereocenters. The van der Waals surface area contributed by atoms with Crippen LogP contribution in [0.25, 0.3) is 0 Å². The Bertz CT molecular complexity index is 737. The maximum absolute atomic E-state index is 11.4. The summed E-state index contributed by atoms with van der Waals surface area (Å²) in [6, 6.07) is 13.8. The lowest BCUT2D eigenvalue weighted by atomic mass is 9.93. The first kappa shape index (κ1) is 20.2. The molecule has 2 rings (SSSR count). The Balaban J connectivity index is 1.94. The Kier molecular flexibility index (Phi) is 7.45. The topological polar surface area (TPSA) is 81.8 Å². The van der Waals surface area contributed by atoms with Crippen molar-refractivity contribution in [3.05, 3.63) is 64.7 Å². The smallest absolute Gasteiger partial charge is 0.309 e. The van der Waals surface area contributed by atoms with Gasteiger partial charge in [0, 0.05) is 17.0 Å². The summed E-state index contributed by atoms with van der Waals surface area (Å²) >= 11 is 5.97. The van der Waals surface area contributed by atoms with Gasteiger partial charge < -0.3 is 20.3 Å². The van der Waals surface area contributed by atoms with E-state index in [-0.39, 0.29) is 18.3 Å². The number of ether oxygens (including phenoxy) is 2. The number of carbonyl (C=O) groups is 1. The summed E-state index contributed by atoms with van der Waals surface area (Å²) in [5, 5.41) is 11.0. The van der Waals surface area contributed by atoms with Gasteiger partial charge in [-0.15, -0.1) is 0 Å². The van der Waals surface area contributed by atoms with Gasteiger partial charge in [-0.05, 0) is 35.4 Å². The second-order valence-corrected chi connectivity index (χ2v) is 6.70. The van der Waals surface area contributed by atoms with Crippen LogP contribution in [0.15, 0.2) is 48.5 Å². The normalized spacial score (nSPS) is 14.3. The van der Waals surface area contributed by atoms with Crippen LogP contribution in [0.3, 0.4) is 0 Å². The summed E-state index contributed by atoms with van der Waals surface area (Å²) in [5.74, 6) is 0.234. The van der Waals surface area contributed by atoms with Crippen LogP contribution >= 0.6 is 11.6 Å². The van der Waals surface area contributed by atoms with Crippen molar-refractivity contribution in [2.45, 2.75) is 25.5 Å². The predicted molar refractivity (Wildman–Crippen MR) is 101 cm³/mol. The van der Waals surface area contributed by atoms with Crippen LogP contribution in [0.5, 0.6) is 5.75 Å².